The molecule has 2 aromatic rings. The maximum atomic E-state index is 12.7. The number of carbonyl (C=O) groups is 1. The first kappa shape index (κ1) is 14.0. The van der Waals surface area contributed by atoms with Crippen LogP contribution in [0, 0.1) is 0 Å². The van der Waals surface area contributed by atoms with E-state index in [9.17, 15) is 4.79 Å². The molecule has 1 fully saturated rings. The number of benzene rings is 1. The van der Waals surface area contributed by atoms with Gasteiger partial charge < -0.3 is 14.4 Å². The van der Waals surface area contributed by atoms with Gasteiger partial charge in [0.15, 0.2) is 11.5 Å². The highest BCUT2D eigenvalue weighted by Crippen LogP contribution is 2.33. The van der Waals surface area contributed by atoms with Crippen LogP contribution in [0.4, 0.5) is 0 Å². The van der Waals surface area contributed by atoms with Gasteiger partial charge >= 0.3 is 0 Å². The molecule has 1 aromatic carbocycles. The molecular formula is C16H18N4O3. The summed E-state index contributed by atoms with van der Waals surface area (Å²) in [5.74, 6) is 1.59. The number of amides is 1. The zero-order chi connectivity index (χ0) is 15.6. The Bertz CT molecular complexity index is 701. The lowest BCUT2D eigenvalue weighted by Gasteiger charge is -2.24. The van der Waals surface area contributed by atoms with E-state index in [0.717, 1.165) is 30.7 Å². The van der Waals surface area contributed by atoms with E-state index >= 15 is 0 Å². The number of hydrogen-bond donors (Lipinski definition) is 0. The molecule has 0 bridgehead atoms. The van der Waals surface area contributed by atoms with Crippen molar-refractivity contribution in [3.8, 4) is 11.5 Å². The molecular weight excluding hydrogens is 296 g/mol. The van der Waals surface area contributed by atoms with Crippen LogP contribution < -0.4 is 9.47 Å². The summed E-state index contributed by atoms with van der Waals surface area (Å²) in [4.78, 5) is 16.3. The Balaban J connectivity index is 1.43. The highest BCUT2D eigenvalue weighted by molar-refractivity contribution is 5.79. The minimum absolute atomic E-state index is 0.138. The Hall–Kier alpha value is -2.57. The molecule has 2 aliphatic rings. The molecule has 0 N–H and O–H groups in total. The van der Waals surface area contributed by atoms with Gasteiger partial charge in [0.05, 0.1) is 31.4 Å². The predicted octanol–water partition coefficient (Wildman–Crippen LogP) is 1.24. The number of fused-ring (bicyclic) bond motifs is 1. The van der Waals surface area contributed by atoms with Crippen molar-refractivity contribution in [1.82, 2.24) is 19.9 Å². The van der Waals surface area contributed by atoms with Crippen LogP contribution in [-0.4, -0.2) is 45.2 Å². The van der Waals surface area contributed by atoms with E-state index in [0.29, 0.717) is 18.7 Å². The molecule has 7 heteroatoms. The van der Waals surface area contributed by atoms with Crippen LogP contribution >= 0.6 is 0 Å². The van der Waals surface area contributed by atoms with Crippen LogP contribution in [-0.2, 0) is 17.8 Å². The van der Waals surface area contributed by atoms with Crippen LogP contribution in [0.15, 0.2) is 30.6 Å². The maximum absolute atomic E-state index is 12.7. The van der Waals surface area contributed by atoms with E-state index < -0.39 is 0 Å². The van der Waals surface area contributed by atoms with Crippen molar-refractivity contribution in [3.05, 3.63) is 36.2 Å². The average molecular weight is 314 g/mol. The summed E-state index contributed by atoms with van der Waals surface area (Å²) >= 11 is 0. The largest absolute Gasteiger partial charge is 0.454 e. The Morgan fingerprint density at radius 1 is 1.22 bits per heavy atom. The lowest BCUT2D eigenvalue weighted by atomic mass is 10.1. The van der Waals surface area contributed by atoms with Crippen molar-refractivity contribution in [3.63, 3.8) is 0 Å². The van der Waals surface area contributed by atoms with Crippen molar-refractivity contribution in [2.45, 2.75) is 31.8 Å². The number of rotatable bonds is 4. The van der Waals surface area contributed by atoms with Crippen molar-refractivity contribution in [2.24, 2.45) is 0 Å². The monoisotopic (exact) mass is 314 g/mol. The predicted molar refractivity (Wildman–Crippen MR) is 81.0 cm³/mol. The summed E-state index contributed by atoms with van der Waals surface area (Å²) < 4.78 is 10.7. The van der Waals surface area contributed by atoms with Crippen LogP contribution in [0.3, 0.4) is 0 Å². The third-order valence-electron chi connectivity index (χ3n) is 4.33. The maximum Gasteiger partial charge on any atom is 0.231 e. The lowest BCUT2D eigenvalue weighted by Crippen LogP contribution is -2.39. The topological polar surface area (TPSA) is 69.5 Å². The number of aromatic nitrogens is 3. The highest BCUT2D eigenvalue weighted by Gasteiger charge is 2.29. The van der Waals surface area contributed by atoms with Crippen LogP contribution in [0.2, 0.25) is 0 Å². The fraction of sp³-hybridized carbons (Fsp3) is 0.438. The van der Waals surface area contributed by atoms with Crippen molar-refractivity contribution in [2.75, 3.05) is 13.3 Å². The Kier molecular flexibility index (Phi) is 3.61. The second-order valence-corrected chi connectivity index (χ2v) is 5.83. The van der Waals surface area contributed by atoms with Gasteiger partial charge in [0.2, 0.25) is 12.7 Å². The first-order valence-electron chi connectivity index (χ1n) is 7.82. The first-order valence-corrected chi connectivity index (χ1v) is 7.82. The summed E-state index contributed by atoms with van der Waals surface area (Å²) in [5, 5.41) is 8.27. The molecule has 3 heterocycles. The first-order chi connectivity index (χ1) is 11.3. The zero-order valence-corrected chi connectivity index (χ0v) is 12.7. The summed E-state index contributed by atoms with van der Waals surface area (Å²) in [6.07, 6.45) is 5.72. The molecule has 7 nitrogen and oxygen atoms in total. The zero-order valence-electron chi connectivity index (χ0n) is 12.7. The van der Waals surface area contributed by atoms with E-state index in [1.807, 2.05) is 23.1 Å². The number of likely N-dealkylation sites (tertiary alicyclic amines) is 1. The van der Waals surface area contributed by atoms with Gasteiger partial charge in [0, 0.05) is 6.54 Å². The third kappa shape index (κ3) is 2.86. The molecule has 0 radical (unpaired) electrons. The van der Waals surface area contributed by atoms with E-state index in [1.165, 1.54) is 0 Å². The third-order valence-corrected chi connectivity index (χ3v) is 4.33. The quantitative estimate of drug-likeness (QED) is 0.849. The molecule has 0 aliphatic carbocycles. The van der Waals surface area contributed by atoms with Crippen molar-refractivity contribution >= 4 is 5.91 Å². The average Bonchev–Trinajstić information content (AvgIpc) is 3.28. The molecule has 0 saturated carbocycles. The van der Waals surface area contributed by atoms with Gasteiger partial charge in [0.1, 0.15) is 0 Å². The Morgan fingerprint density at radius 2 is 2.04 bits per heavy atom. The molecule has 1 saturated heterocycles. The molecule has 1 atom stereocenters. The van der Waals surface area contributed by atoms with E-state index in [2.05, 4.69) is 10.2 Å². The molecule has 1 amide bonds. The van der Waals surface area contributed by atoms with E-state index in [-0.39, 0.29) is 18.7 Å². The van der Waals surface area contributed by atoms with Gasteiger partial charge in [-0.2, -0.15) is 15.0 Å². The molecule has 23 heavy (non-hydrogen) atoms. The Morgan fingerprint density at radius 3 is 2.91 bits per heavy atom. The van der Waals surface area contributed by atoms with E-state index in [1.54, 1.807) is 17.2 Å². The number of nitrogens with zero attached hydrogens (tertiary/aromatic N) is 4. The smallest absolute Gasteiger partial charge is 0.231 e. The minimum Gasteiger partial charge on any atom is -0.454 e. The molecule has 1 aromatic heterocycles. The number of carbonyl (C=O) groups excluding carboxylic acids is 1. The van der Waals surface area contributed by atoms with Gasteiger partial charge in [0.25, 0.3) is 0 Å². The van der Waals surface area contributed by atoms with Crippen LogP contribution in [0.1, 0.15) is 18.4 Å². The fourth-order valence-corrected chi connectivity index (χ4v) is 3.21. The van der Waals surface area contributed by atoms with Gasteiger partial charge in [-0.15, -0.1) is 0 Å². The molecule has 120 valence electrons. The normalized spacial score (nSPS) is 19.3. The Labute approximate surface area is 133 Å². The lowest BCUT2D eigenvalue weighted by molar-refractivity contribution is -0.131. The van der Waals surface area contributed by atoms with Crippen LogP contribution in [0.5, 0.6) is 11.5 Å². The summed E-state index contributed by atoms with van der Waals surface area (Å²) in [7, 11) is 0. The summed E-state index contributed by atoms with van der Waals surface area (Å²) in [6, 6.07) is 5.84. The van der Waals surface area contributed by atoms with Gasteiger partial charge in [-0.1, -0.05) is 6.07 Å². The van der Waals surface area contributed by atoms with Crippen molar-refractivity contribution < 1.29 is 14.3 Å². The number of hydrogen-bond acceptors (Lipinski definition) is 5. The summed E-state index contributed by atoms with van der Waals surface area (Å²) in [5.41, 5.74) is 0.946. The van der Waals surface area contributed by atoms with E-state index in [4.69, 9.17) is 9.47 Å². The SMILES string of the molecule is O=C(Cc1ccc2c(c1)OCO2)N1CCCC1Cn1nccn1. The second-order valence-electron chi connectivity index (χ2n) is 5.83. The molecule has 4 rings (SSSR count). The van der Waals surface area contributed by atoms with Gasteiger partial charge in [-0.3, -0.25) is 4.79 Å². The highest BCUT2D eigenvalue weighted by atomic mass is 16.7. The van der Waals surface area contributed by atoms with Crippen LogP contribution in [0.25, 0.3) is 0 Å². The standard InChI is InChI=1S/C16H18N4O3/c21-16(9-12-3-4-14-15(8-12)23-11-22-14)19-7-1-2-13(19)10-20-17-5-6-18-20/h3-6,8,13H,1-2,7,9-11H2. The van der Waals surface area contributed by atoms with Crippen molar-refractivity contribution in [1.29, 1.82) is 0 Å². The number of ether oxygens (including phenoxy) is 2. The van der Waals surface area contributed by atoms with Gasteiger partial charge in [-0.25, -0.2) is 0 Å². The second kappa shape index (κ2) is 5.91. The molecule has 1 unspecified atom stereocenters. The molecule has 0 spiro atoms. The minimum atomic E-state index is 0.138. The van der Waals surface area contributed by atoms with Gasteiger partial charge in [-0.05, 0) is 30.5 Å². The summed E-state index contributed by atoms with van der Waals surface area (Å²) in [6.45, 7) is 1.70. The molecule has 2 aliphatic heterocycles. The fourth-order valence-electron chi connectivity index (χ4n) is 3.21.